The molecular weight excluding hydrogens is 814 g/mol. The van der Waals surface area contributed by atoms with Crippen molar-refractivity contribution < 1.29 is 17.6 Å². The first-order chi connectivity index (χ1) is 29.2. The van der Waals surface area contributed by atoms with Gasteiger partial charge in [-0.2, -0.15) is 40.5 Å². The molecule has 0 atom stereocenters. The van der Waals surface area contributed by atoms with Gasteiger partial charge in [0.15, 0.2) is 0 Å². The van der Waals surface area contributed by atoms with Crippen LogP contribution in [0.15, 0.2) is 117 Å². The number of hydrogen-bond donors (Lipinski definition) is 0. The molecule has 0 aliphatic carbocycles. The lowest BCUT2D eigenvalue weighted by atomic mass is 9.13. The third-order valence-corrected chi connectivity index (χ3v) is 14.5. The normalized spacial score (nSPS) is 13.4. The van der Waals surface area contributed by atoms with Crippen molar-refractivity contribution in [2.75, 3.05) is 113 Å². The maximum atomic E-state index is 14.3. The smallest absolute Gasteiger partial charge is 0.346 e. The van der Waals surface area contributed by atoms with Crippen LogP contribution in [0.1, 0.15) is 0 Å². The second-order valence-corrected chi connectivity index (χ2v) is 18.9. The molecule has 12 nitrogen and oxygen atoms in total. The van der Waals surface area contributed by atoms with Crippen LogP contribution in [-0.4, -0.2) is 181 Å². The van der Waals surface area contributed by atoms with Crippen LogP contribution in [0.4, 0.5) is 17.6 Å². The van der Waals surface area contributed by atoms with E-state index < -0.39 is 37.3 Å². The second kappa shape index (κ2) is 21.8. The first kappa shape index (κ1) is 50.5. The number of aliphatic imine (C=N–C) groups is 4. The van der Waals surface area contributed by atoms with Gasteiger partial charge >= 0.3 is 7.87 Å². The number of hydrogen-bond acceptors (Lipinski definition) is 4. The van der Waals surface area contributed by atoms with Crippen LogP contribution in [0, 0.1) is 23.3 Å². The van der Waals surface area contributed by atoms with Gasteiger partial charge in [-0.1, -0.05) is 72.8 Å². The van der Waals surface area contributed by atoms with Gasteiger partial charge in [-0.15, -0.1) is 0 Å². The first-order valence-electron chi connectivity index (χ1n) is 19.8. The summed E-state index contributed by atoms with van der Waals surface area (Å²) < 4.78 is 65.9. The van der Waals surface area contributed by atoms with Crippen LogP contribution in [-0.2, 0) is 0 Å². The molecule has 4 aromatic carbocycles. The molecule has 0 fully saturated rings. The number of nitrogens with zero attached hydrogens (tertiary/aromatic N) is 12. The molecule has 0 N–H and O–H groups in total. The maximum absolute atomic E-state index is 14.3. The molecule has 0 saturated heterocycles. The molecule has 0 spiro atoms. The van der Waals surface area contributed by atoms with Gasteiger partial charge in [0.1, 0.15) is 29.4 Å². The molecule has 0 unspecified atom stereocenters. The van der Waals surface area contributed by atoms with Crippen molar-refractivity contribution in [2.45, 2.75) is 0 Å². The predicted octanol–water partition coefficient (Wildman–Crippen LogP) is 4.20. The van der Waals surface area contributed by atoms with Crippen LogP contribution < -0.4 is 21.9 Å². The minimum absolute atomic E-state index is 0.488. The van der Waals surface area contributed by atoms with E-state index in [9.17, 15) is 17.6 Å². The lowest BCUT2D eigenvalue weighted by Crippen LogP contribution is -2.75. The van der Waals surface area contributed by atoms with Gasteiger partial charge < -0.3 is 19.6 Å². The fourth-order valence-electron chi connectivity index (χ4n) is 8.48. The van der Waals surface area contributed by atoms with E-state index in [4.69, 9.17) is 0 Å². The summed E-state index contributed by atoms with van der Waals surface area (Å²) in [6.07, 6.45) is -2.25. The Bertz CT molecular complexity index is 1920. The molecule has 0 radical (unpaired) electrons. The van der Waals surface area contributed by atoms with E-state index in [0.717, 1.165) is 23.8 Å². The highest BCUT2D eigenvalue weighted by atomic mass is 31.2. The van der Waals surface area contributed by atoms with Gasteiger partial charge in [0.25, 0.3) is 0 Å². The SMILES string of the molecule is CN=C(N(C)C)N(C)[P+](N(C)C(=NC)N(C)C)(N(C)C(=NC)N(C)C)N(C)C(=NC)N(C)C.Fc1cccc([B-](c2cccc(F)c2)(c2cccc(F)c2)c2cccc(F)c2)c1. The predicted molar refractivity (Wildman–Crippen MR) is 256 cm³/mol. The van der Waals surface area contributed by atoms with Crippen molar-refractivity contribution in [3.05, 3.63) is 120 Å². The highest BCUT2D eigenvalue weighted by Crippen LogP contribution is 2.68. The Hall–Kier alpha value is -5.83. The lowest BCUT2D eigenvalue weighted by Gasteiger charge is -2.50. The Morgan fingerprint density at radius 1 is 0.371 bits per heavy atom. The Morgan fingerprint density at radius 2 is 0.565 bits per heavy atom. The van der Waals surface area contributed by atoms with Gasteiger partial charge in [-0.05, 0) is 24.3 Å². The minimum atomic E-state index is -2.72. The molecule has 0 heterocycles. The zero-order valence-electron chi connectivity index (χ0n) is 39.1. The van der Waals surface area contributed by atoms with E-state index in [-0.39, 0.29) is 0 Å². The summed E-state index contributed by atoms with van der Waals surface area (Å²) in [6.45, 7) is 0. The molecule has 62 heavy (non-hydrogen) atoms. The Labute approximate surface area is 367 Å². The minimum Gasteiger partial charge on any atom is -0.346 e. The quantitative estimate of drug-likeness (QED) is 0.0859. The van der Waals surface area contributed by atoms with Crippen molar-refractivity contribution in [2.24, 2.45) is 20.0 Å². The number of halogens is 4. The third-order valence-electron chi connectivity index (χ3n) is 10.6. The second-order valence-electron chi connectivity index (χ2n) is 15.4. The van der Waals surface area contributed by atoms with Crippen molar-refractivity contribution in [1.29, 1.82) is 0 Å². The van der Waals surface area contributed by atoms with Crippen molar-refractivity contribution in [3.63, 3.8) is 0 Å². The Kier molecular flexibility index (Phi) is 17.8. The van der Waals surface area contributed by atoms with Gasteiger partial charge in [-0.25, -0.2) is 17.6 Å². The van der Waals surface area contributed by atoms with Gasteiger partial charge in [-0.3, -0.25) is 20.0 Å². The van der Waals surface area contributed by atoms with Gasteiger partial charge in [0, 0.05) is 84.6 Å². The largest absolute Gasteiger partial charge is 0.415 e. The van der Waals surface area contributed by atoms with E-state index in [1.54, 1.807) is 48.5 Å². The third kappa shape index (κ3) is 10.3. The number of benzene rings is 4. The molecule has 336 valence electrons. The monoisotopic (exact) mass is 879 g/mol. The van der Waals surface area contributed by atoms with Crippen LogP contribution in [0.3, 0.4) is 0 Å². The molecular formula is C44H64BF4N12P. The summed E-state index contributed by atoms with van der Waals surface area (Å²) in [7, 11) is 28.7. The van der Waals surface area contributed by atoms with Crippen LogP contribution in [0.5, 0.6) is 0 Å². The topological polar surface area (TPSA) is 75.4 Å². The molecule has 0 saturated carbocycles. The summed E-state index contributed by atoms with van der Waals surface area (Å²) in [4.78, 5) is 26.6. The van der Waals surface area contributed by atoms with E-state index in [2.05, 4.69) is 66.8 Å². The molecule has 0 aliphatic heterocycles. The van der Waals surface area contributed by atoms with E-state index >= 15 is 0 Å². The molecule has 0 aromatic heterocycles. The van der Waals surface area contributed by atoms with Crippen molar-refractivity contribution >= 4 is 59.7 Å². The fourth-order valence-corrected chi connectivity index (χ4v) is 12.9. The lowest BCUT2D eigenvalue weighted by molar-refractivity contribution is 0.409. The highest BCUT2D eigenvalue weighted by molar-refractivity contribution is 7.69. The van der Waals surface area contributed by atoms with Crippen molar-refractivity contribution in [1.82, 2.24) is 38.3 Å². The summed E-state index contributed by atoms with van der Waals surface area (Å²) in [5.74, 6) is 1.29. The zero-order valence-corrected chi connectivity index (χ0v) is 40.0. The van der Waals surface area contributed by atoms with Crippen molar-refractivity contribution in [3.8, 4) is 0 Å². The molecule has 0 amide bonds. The average Bonchev–Trinajstić information content (AvgIpc) is 3.19. The summed E-state index contributed by atoms with van der Waals surface area (Å²) in [6, 6.07) is 23.5. The number of rotatable bonds is 8. The molecule has 0 aliphatic rings. The van der Waals surface area contributed by atoms with E-state index in [0.29, 0.717) is 21.9 Å². The summed E-state index contributed by atoms with van der Waals surface area (Å²) in [5.41, 5.74) is 1.97. The summed E-state index contributed by atoms with van der Waals surface area (Å²) in [5, 5.41) is 0. The molecule has 18 heteroatoms. The summed E-state index contributed by atoms with van der Waals surface area (Å²) >= 11 is 0. The number of guanidine groups is 4. The highest BCUT2D eigenvalue weighted by Gasteiger charge is 2.64. The molecule has 4 aromatic rings. The Morgan fingerprint density at radius 3 is 0.710 bits per heavy atom. The first-order valence-corrected chi connectivity index (χ1v) is 21.4. The molecule has 0 bridgehead atoms. The van der Waals surface area contributed by atoms with Crippen LogP contribution in [0.25, 0.3) is 0 Å². The molecule has 4 rings (SSSR count). The maximum Gasteiger partial charge on any atom is 0.415 e. The van der Waals surface area contributed by atoms with Gasteiger partial charge in [0.05, 0.1) is 28.2 Å². The van der Waals surface area contributed by atoms with Crippen LogP contribution in [0.2, 0.25) is 0 Å². The van der Waals surface area contributed by atoms with E-state index in [1.807, 2.05) is 104 Å². The standard InChI is InChI=1S/C24H16BF4.C20H48N12P/c26-21-9-1-5-17(13-21)25(18-6-2-10-22(27)14-18,19-7-3-11-23(28)15-19)20-8-4-12-24(29)16-20;1-21-17(25(5)6)29(13)33(30(14)18(22-2)26(7)8,31(15)19(23-3)27(9)10)32(16)20(24-4)28(11)12/h1-16H;1-16H3/q-1;+1. The van der Waals surface area contributed by atoms with E-state index in [1.165, 1.54) is 48.5 Å². The fraction of sp³-hybridized carbons (Fsp3) is 0.364. The zero-order chi connectivity index (χ0) is 46.7. The Balaban J connectivity index is 0.000000332. The van der Waals surface area contributed by atoms with Crippen LogP contribution >= 0.6 is 7.87 Å². The average molecular weight is 879 g/mol. The van der Waals surface area contributed by atoms with Gasteiger partial charge in [0.2, 0.25) is 23.8 Å².